The van der Waals surface area contributed by atoms with Crippen LogP contribution in [0, 0.1) is 12.8 Å². The minimum Gasteiger partial charge on any atom is -0.496 e. The van der Waals surface area contributed by atoms with E-state index in [2.05, 4.69) is 28.9 Å². The summed E-state index contributed by atoms with van der Waals surface area (Å²) in [5.41, 5.74) is 1.96. The number of benzene rings is 1. The summed E-state index contributed by atoms with van der Waals surface area (Å²) in [5, 5.41) is 5.02. The van der Waals surface area contributed by atoms with Crippen LogP contribution in [0.25, 0.3) is 27.9 Å². The van der Waals surface area contributed by atoms with Crippen molar-refractivity contribution in [2.24, 2.45) is 5.92 Å². The lowest BCUT2D eigenvalue weighted by Gasteiger charge is -2.14. The number of aromatic nitrogens is 5. The molecule has 4 rings (SSSR count). The van der Waals surface area contributed by atoms with Crippen LogP contribution in [0.4, 0.5) is 0 Å². The highest BCUT2D eigenvalue weighted by Crippen LogP contribution is 2.33. The third-order valence-corrected chi connectivity index (χ3v) is 4.82. The fourth-order valence-corrected chi connectivity index (χ4v) is 3.38. The SMILES string of the molecule is COc1ccccc1-c1c2c(=O)n(CCC(C)C)ccc2nc2nc(C)nn12. The number of nitrogens with zero attached hydrogens (tertiary/aromatic N) is 5. The van der Waals surface area contributed by atoms with Crippen molar-refractivity contribution in [1.82, 2.24) is 24.1 Å². The van der Waals surface area contributed by atoms with Crippen molar-refractivity contribution in [2.45, 2.75) is 33.7 Å². The summed E-state index contributed by atoms with van der Waals surface area (Å²) in [4.78, 5) is 22.4. The highest BCUT2D eigenvalue weighted by atomic mass is 16.5. The maximum absolute atomic E-state index is 13.4. The molecule has 3 aromatic heterocycles. The fraction of sp³-hybridized carbons (Fsp3) is 0.333. The Morgan fingerprint density at radius 3 is 2.68 bits per heavy atom. The first-order valence-electron chi connectivity index (χ1n) is 9.39. The third kappa shape index (κ3) is 3.02. The van der Waals surface area contributed by atoms with Crippen molar-refractivity contribution in [3.05, 3.63) is 52.7 Å². The van der Waals surface area contributed by atoms with Crippen LogP contribution in [-0.4, -0.2) is 31.3 Å². The van der Waals surface area contributed by atoms with Crippen molar-refractivity contribution in [3.8, 4) is 17.0 Å². The monoisotopic (exact) mass is 377 g/mol. The van der Waals surface area contributed by atoms with Gasteiger partial charge in [0.1, 0.15) is 11.6 Å². The lowest BCUT2D eigenvalue weighted by atomic mass is 10.1. The molecule has 0 unspecified atom stereocenters. The topological polar surface area (TPSA) is 74.3 Å². The van der Waals surface area contributed by atoms with Gasteiger partial charge >= 0.3 is 0 Å². The quantitative estimate of drug-likeness (QED) is 0.532. The molecule has 0 fully saturated rings. The summed E-state index contributed by atoms with van der Waals surface area (Å²) in [5.74, 6) is 2.24. The van der Waals surface area contributed by atoms with E-state index in [0.29, 0.717) is 46.4 Å². The molecule has 0 aliphatic carbocycles. The summed E-state index contributed by atoms with van der Waals surface area (Å²) >= 11 is 0. The predicted molar refractivity (Wildman–Crippen MR) is 109 cm³/mol. The van der Waals surface area contributed by atoms with Gasteiger partial charge in [0.2, 0.25) is 0 Å². The van der Waals surface area contributed by atoms with E-state index in [1.165, 1.54) is 0 Å². The number of pyridine rings is 1. The normalized spacial score (nSPS) is 11.6. The first kappa shape index (κ1) is 18.2. The molecule has 28 heavy (non-hydrogen) atoms. The second-order valence-electron chi connectivity index (χ2n) is 7.29. The van der Waals surface area contributed by atoms with Gasteiger partial charge in [-0.1, -0.05) is 26.0 Å². The number of hydrogen-bond donors (Lipinski definition) is 0. The molecule has 0 amide bonds. The van der Waals surface area contributed by atoms with Crippen LogP contribution in [0.1, 0.15) is 26.1 Å². The largest absolute Gasteiger partial charge is 0.496 e. The van der Waals surface area contributed by atoms with E-state index in [1.54, 1.807) is 16.2 Å². The molecule has 0 aliphatic heterocycles. The van der Waals surface area contributed by atoms with Gasteiger partial charge in [0.15, 0.2) is 0 Å². The molecule has 0 spiro atoms. The van der Waals surface area contributed by atoms with E-state index < -0.39 is 0 Å². The van der Waals surface area contributed by atoms with E-state index in [1.807, 2.05) is 43.5 Å². The van der Waals surface area contributed by atoms with Crippen molar-refractivity contribution in [3.63, 3.8) is 0 Å². The van der Waals surface area contributed by atoms with Crippen LogP contribution < -0.4 is 10.3 Å². The summed E-state index contributed by atoms with van der Waals surface area (Å²) in [6.07, 6.45) is 2.74. The average Bonchev–Trinajstić information content (AvgIpc) is 3.05. The van der Waals surface area contributed by atoms with Crippen LogP contribution in [0.3, 0.4) is 0 Å². The Labute approximate surface area is 162 Å². The molecule has 7 heteroatoms. The second kappa shape index (κ2) is 7.07. The molecule has 0 bridgehead atoms. The van der Waals surface area contributed by atoms with E-state index in [4.69, 9.17) is 4.74 Å². The van der Waals surface area contributed by atoms with Gasteiger partial charge in [0.05, 0.1) is 23.7 Å². The Kier molecular flexibility index (Phi) is 4.58. The Hall–Kier alpha value is -3.22. The molecule has 0 aliphatic rings. The van der Waals surface area contributed by atoms with E-state index in [-0.39, 0.29) is 5.56 Å². The molecule has 1 aromatic carbocycles. The van der Waals surface area contributed by atoms with Gasteiger partial charge in [0.25, 0.3) is 11.3 Å². The molecule has 0 radical (unpaired) electrons. The zero-order valence-corrected chi connectivity index (χ0v) is 16.5. The highest BCUT2D eigenvalue weighted by molar-refractivity contribution is 5.94. The van der Waals surface area contributed by atoms with Crippen LogP contribution in [0.15, 0.2) is 41.3 Å². The minimum atomic E-state index is -0.0818. The van der Waals surface area contributed by atoms with Gasteiger partial charge in [-0.25, -0.2) is 4.98 Å². The summed E-state index contributed by atoms with van der Waals surface area (Å²) < 4.78 is 8.95. The molecular weight excluding hydrogens is 354 g/mol. The molecule has 3 heterocycles. The number of ether oxygens (including phenoxy) is 1. The van der Waals surface area contributed by atoms with Crippen molar-refractivity contribution in [1.29, 1.82) is 0 Å². The third-order valence-electron chi connectivity index (χ3n) is 4.82. The van der Waals surface area contributed by atoms with E-state index >= 15 is 0 Å². The molecule has 144 valence electrons. The predicted octanol–water partition coefficient (Wildman–Crippen LogP) is 3.47. The number of methoxy groups -OCH3 is 1. The Balaban J connectivity index is 2.10. The highest BCUT2D eigenvalue weighted by Gasteiger charge is 2.20. The van der Waals surface area contributed by atoms with Gasteiger partial charge in [-0.15, -0.1) is 5.10 Å². The maximum Gasteiger partial charge on any atom is 0.262 e. The standard InChI is InChI=1S/C21H23N5O2/c1-13(2)9-11-25-12-10-16-18(20(25)27)19(15-7-5-6-8-17(15)28-4)26-21(23-16)22-14(3)24-26/h5-8,10,12-13H,9,11H2,1-4H3. The Morgan fingerprint density at radius 1 is 1.14 bits per heavy atom. The number of fused-ring (bicyclic) bond motifs is 2. The first-order chi connectivity index (χ1) is 13.5. The zero-order chi connectivity index (χ0) is 19.8. The van der Waals surface area contributed by atoms with Crippen molar-refractivity contribution < 1.29 is 4.74 Å². The van der Waals surface area contributed by atoms with Gasteiger partial charge in [0, 0.05) is 18.3 Å². The number of aryl methyl sites for hydroxylation is 2. The lowest BCUT2D eigenvalue weighted by Crippen LogP contribution is -2.22. The summed E-state index contributed by atoms with van der Waals surface area (Å²) in [7, 11) is 1.62. The van der Waals surface area contributed by atoms with Crippen molar-refractivity contribution in [2.75, 3.05) is 7.11 Å². The number of hydrogen-bond acceptors (Lipinski definition) is 5. The van der Waals surface area contributed by atoms with Gasteiger partial charge in [-0.3, -0.25) is 4.79 Å². The first-order valence-corrected chi connectivity index (χ1v) is 9.39. The molecule has 0 saturated carbocycles. The number of rotatable bonds is 5. The summed E-state index contributed by atoms with van der Waals surface area (Å²) in [6, 6.07) is 9.49. The second-order valence-corrected chi connectivity index (χ2v) is 7.29. The van der Waals surface area contributed by atoms with Gasteiger partial charge in [-0.05, 0) is 37.5 Å². The molecule has 0 saturated heterocycles. The molecule has 0 N–H and O–H groups in total. The van der Waals surface area contributed by atoms with E-state index in [9.17, 15) is 4.79 Å². The van der Waals surface area contributed by atoms with Gasteiger partial charge < -0.3 is 9.30 Å². The van der Waals surface area contributed by atoms with Crippen molar-refractivity contribution >= 4 is 16.7 Å². The molecule has 0 atom stereocenters. The molecule has 7 nitrogen and oxygen atoms in total. The summed E-state index contributed by atoms with van der Waals surface area (Å²) in [6.45, 7) is 6.77. The lowest BCUT2D eigenvalue weighted by molar-refractivity contribution is 0.416. The van der Waals surface area contributed by atoms with Crippen LogP contribution in [0.2, 0.25) is 0 Å². The molecule has 4 aromatic rings. The van der Waals surface area contributed by atoms with Crippen LogP contribution in [0.5, 0.6) is 5.75 Å². The van der Waals surface area contributed by atoms with Crippen LogP contribution >= 0.6 is 0 Å². The Morgan fingerprint density at radius 2 is 1.93 bits per heavy atom. The molecular formula is C21H23N5O2. The Bertz CT molecular complexity index is 1220. The smallest absolute Gasteiger partial charge is 0.262 e. The van der Waals surface area contributed by atoms with E-state index in [0.717, 1.165) is 12.0 Å². The van der Waals surface area contributed by atoms with Gasteiger partial charge in [-0.2, -0.15) is 9.50 Å². The number of para-hydroxylation sites is 1. The average molecular weight is 377 g/mol. The minimum absolute atomic E-state index is 0.0818. The zero-order valence-electron chi connectivity index (χ0n) is 16.5. The fourth-order valence-electron chi connectivity index (χ4n) is 3.38. The van der Waals surface area contributed by atoms with Crippen LogP contribution in [-0.2, 0) is 6.54 Å². The maximum atomic E-state index is 13.4.